The van der Waals surface area contributed by atoms with E-state index in [0.717, 1.165) is 6.07 Å². The van der Waals surface area contributed by atoms with Gasteiger partial charge in [0, 0.05) is 5.57 Å². The van der Waals surface area contributed by atoms with Gasteiger partial charge in [-0.05, 0) is 6.92 Å². The van der Waals surface area contributed by atoms with E-state index >= 15 is 0 Å². The van der Waals surface area contributed by atoms with E-state index in [1.54, 1.807) is 6.92 Å². The molecule has 0 saturated heterocycles. The van der Waals surface area contributed by atoms with Crippen molar-refractivity contribution in [1.82, 2.24) is 0 Å². The molecule has 0 bridgehead atoms. The maximum absolute atomic E-state index is 11.3. The Morgan fingerprint density at radius 3 is 2.88 bits per heavy atom. The van der Waals surface area contributed by atoms with Crippen LogP contribution in [0.1, 0.15) is 24.5 Å². The first kappa shape index (κ1) is 10.9. The van der Waals surface area contributed by atoms with Crippen molar-refractivity contribution in [3.63, 3.8) is 0 Å². The van der Waals surface area contributed by atoms with E-state index in [1.165, 1.54) is 7.11 Å². The van der Waals surface area contributed by atoms with Crippen molar-refractivity contribution in [2.75, 3.05) is 7.11 Å². The number of aliphatic hydroxyl groups excluding tert-OH is 1. The van der Waals surface area contributed by atoms with Crippen molar-refractivity contribution in [3.05, 3.63) is 34.4 Å². The Labute approximate surface area is 91.9 Å². The second-order valence-electron chi connectivity index (χ2n) is 3.53. The van der Waals surface area contributed by atoms with Gasteiger partial charge in [-0.3, -0.25) is 0 Å². The molecule has 2 atom stereocenters. The molecule has 86 valence electrons. The number of fused-ring (bicyclic) bond motifs is 1. The summed E-state index contributed by atoms with van der Waals surface area (Å²) in [5, 5.41) is 9.75. The van der Waals surface area contributed by atoms with Gasteiger partial charge in [-0.2, -0.15) is 0 Å². The summed E-state index contributed by atoms with van der Waals surface area (Å²) in [6.45, 7) is 5.48. The first-order chi connectivity index (χ1) is 7.54. The zero-order valence-electron chi connectivity index (χ0n) is 9.02. The van der Waals surface area contributed by atoms with Gasteiger partial charge in [0.1, 0.15) is 11.5 Å². The van der Waals surface area contributed by atoms with Crippen molar-refractivity contribution < 1.29 is 19.0 Å². The molecule has 5 heteroatoms. The largest absolute Gasteiger partial charge is 0.496 e. The van der Waals surface area contributed by atoms with E-state index in [0.29, 0.717) is 11.1 Å². The van der Waals surface area contributed by atoms with Crippen LogP contribution in [0.25, 0.3) is 5.57 Å². The Kier molecular flexibility index (Phi) is 2.57. The van der Waals surface area contributed by atoms with Crippen LogP contribution >= 0.6 is 0 Å². The number of hydrogen-bond donors (Lipinski definition) is 1. The van der Waals surface area contributed by atoms with E-state index in [2.05, 4.69) is 6.58 Å². The maximum Gasteiger partial charge on any atom is 0.339 e. The van der Waals surface area contributed by atoms with E-state index in [-0.39, 0.29) is 11.5 Å². The van der Waals surface area contributed by atoms with Gasteiger partial charge >= 0.3 is 5.63 Å². The van der Waals surface area contributed by atoms with Gasteiger partial charge in [0.05, 0.1) is 24.8 Å². The first-order valence-corrected chi connectivity index (χ1v) is 4.79. The standard InChI is InChI=1S/C11H12O5/c1-5-6(2)15-11(13)9-7(14-3)4-8(12)16-10(5)9/h4,6,11,13H,1H2,2-3H3/t6-,11+/m0/s1. The highest BCUT2D eigenvalue weighted by Crippen LogP contribution is 2.38. The van der Waals surface area contributed by atoms with Crippen molar-refractivity contribution in [2.24, 2.45) is 0 Å². The fourth-order valence-electron chi connectivity index (χ4n) is 1.65. The summed E-state index contributed by atoms with van der Waals surface area (Å²) in [4.78, 5) is 11.3. The van der Waals surface area contributed by atoms with Crippen molar-refractivity contribution in [1.29, 1.82) is 0 Å². The van der Waals surface area contributed by atoms with E-state index in [1.807, 2.05) is 0 Å². The summed E-state index contributed by atoms with van der Waals surface area (Å²) in [6, 6.07) is 1.16. The third-order valence-electron chi connectivity index (χ3n) is 2.54. The zero-order valence-corrected chi connectivity index (χ0v) is 9.02. The van der Waals surface area contributed by atoms with Gasteiger partial charge in [-0.15, -0.1) is 0 Å². The molecule has 1 aromatic rings. The normalized spacial score (nSPS) is 24.1. The second-order valence-corrected chi connectivity index (χ2v) is 3.53. The van der Waals surface area contributed by atoms with Crippen molar-refractivity contribution in [2.45, 2.75) is 19.3 Å². The Morgan fingerprint density at radius 2 is 2.25 bits per heavy atom. The monoisotopic (exact) mass is 224 g/mol. The average Bonchev–Trinajstić information content (AvgIpc) is 2.24. The quantitative estimate of drug-likeness (QED) is 0.772. The van der Waals surface area contributed by atoms with E-state index < -0.39 is 18.0 Å². The number of aliphatic hydroxyl groups is 1. The molecule has 0 unspecified atom stereocenters. The fourth-order valence-corrected chi connectivity index (χ4v) is 1.65. The number of rotatable bonds is 1. The van der Waals surface area contributed by atoms with Crippen LogP contribution in [0.15, 0.2) is 21.9 Å². The topological polar surface area (TPSA) is 68.9 Å². The Bertz CT molecular complexity index is 488. The molecule has 1 aliphatic heterocycles. The summed E-state index contributed by atoms with van der Waals surface area (Å²) < 4.78 is 15.2. The highest BCUT2D eigenvalue weighted by molar-refractivity contribution is 5.68. The van der Waals surface area contributed by atoms with Crippen LogP contribution in [-0.4, -0.2) is 18.3 Å². The third kappa shape index (κ3) is 1.54. The third-order valence-corrected chi connectivity index (χ3v) is 2.54. The molecule has 0 radical (unpaired) electrons. The molecule has 0 aliphatic carbocycles. The van der Waals surface area contributed by atoms with Crippen LogP contribution < -0.4 is 10.4 Å². The minimum Gasteiger partial charge on any atom is -0.496 e. The van der Waals surface area contributed by atoms with E-state index in [9.17, 15) is 9.90 Å². The highest BCUT2D eigenvalue weighted by Gasteiger charge is 2.32. The van der Waals surface area contributed by atoms with Crippen LogP contribution in [0.4, 0.5) is 0 Å². The fraction of sp³-hybridized carbons (Fsp3) is 0.364. The number of methoxy groups -OCH3 is 1. The Hall–Kier alpha value is -1.59. The lowest BCUT2D eigenvalue weighted by molar-refractivity contribution is -0.126. The van der Waals surface area contributed by atoms with E-state index in [4.69, 9.17) is 13.9 Å². The molecule has 5 nitrogen and oxygen atoms in total. The molecule has 0 amide bonds. The summed E-state index contributed by atoms with van der Waals surface area (Å²) in [5.41, 5.74) is 0.277. The van der Waals surface area contributed by atoms with Crippen LogP contribution in [0.2, 0.25) is 0 Å². The van der Waals surface area contributed by atoms with Crippen molar-refractivity contribution >= 4 is 5.57 Å². The molecule has 1 aliphatic rings. The summed E-state index contributed by atoms with van der Waals surface area (Å²) in [7, 11) is 1.41. The molecule has 1 aromatic heterocycles. The SMILES string of the molecule is C=C1c2oc(=O)cc(OC)c2[C@H](O)O[C@H]1C. The lowest BCUT2D eigenvalue weighted by Gasteiger charge is -2.28. The lowest BCUT2D eigenvalue weighted by atomic mass is 10.0. The molecule has 0 spiro atoms. The summed E-state index contributed by atoms with van der Waals surface area (Å²) in [6.07, 6.45) is -1.58. The molecule has 16 heavy (non-hydrogen) atoms. The smallest absolute Gasteiger partial charge is 0.339 e. The predicted molar refractivity (Wildman–Crippen MR) is 56.1 cm³/mol. The summed E-state index contributed by atoms with van der Waals surface area (Å²) >= 11 is 0. The van der Waals surface area contributed by atoms with Gasteiger partial charge < -0.3 is 19.0 Å². The molecule has 1 N–H and O–H groups in total. The Balaban J connectivity index is 2.70. The van der Waals surface area contributed by atoms with Crippen LogP contribution in [-0.2, 0) is 4.74 Å². The maximum atomic E-state index is 11.3. The van der Waals surface area contributed by atoms with Gasteiger partial charge in [-0.25, -0.2) is 4.79 Å². The number of ether oxygens (including phenoxy) is 2. The first-order valence-electron chi connectivity index (χ1n) is 4.79. The second kappa shape index (κ2) is 3.77. The predicted octanol–water partition coefficient (Wildman–Crippen LogP) is 1.07. The molecule has 0 aromatic carbocycles. The molecule has 2 heterocycles. The zero-order chi connectivity index (χ0) is 11.9. The van der Waals surface area contributed by atoms with Crippen molar-refractivity contribution in [3.8, 4) is 5.75 Å². The summed E-state index contributed by atoms with van der Waals surface area (Å²) in [5.74, 6) is 0.488. The molecular weight excluding hydrogens is 212 g/mol. The van der Waals surface area contributed by atoms with Crippen LogP contribution in [0.3, 0.4) is 0 Å². The number of hydrogen-bond acceptors (Lipinski definition) is 5. The Morgan fingerprint density at radius 1 is 1.56 bits per heavy atom. The minimum atomic E-state index is -1.17. The van der Waals surface area contributed by atoms with Gasteiger partial charge in [0.15, 0.2) is 6.29 Å². The molecular formula is C11H12O5. The highest BCUT2D eigenvalue weighted by atomic mass is 16.6. The minimum absolute atomic E-state index is 0.242. The van der Waals surface area contributed by atoms with Gasteiger partial charge in [0.25, 0.3) is 0 Å². The van der Waals surface area contributed by atoms with Gasteiger partial charge in [0.2, 0.25) is 0 Å². The van der Waals surface area contributed by atoms with Gasteiger partial charge in [-0.1, -0.05) is 6.58 Å². The average molecular weight is 224 g/mol. The molecule has 0 saturated carbocycles. The molecule has 0 fully saturated rings. The van der Waals surface area contributed by atoms with Crippen LogP contribution in [0, 0.1) is 0 Å². The van der Waals surface area contributed by atoms with Crippen LogP contribution in [0.5, 0.6) is 5.75 Å². The molecule has 2 rings (SSSR count). The lowest BCUT2D eigenvalue weighted by Crippen LogP contribution is -2.24.